The Morgan fingerprint density at radius 3 is 1.66 bits per heavy atom. The van der Waals surface area contributed by atoms with Gasteiger partial charge in [0.05, 0.1) is 28.9 Å². The second-order valence-electron chi connectivity index (χ2n) is 22.9. The van der Waals surface area contributed by atoms with E-state index in [1.165, 1.54) is 141 Å². The lowest BCUT2D eigenvalue weighted by Gasteiger charge is -2.36. The molecule has 8 nitrogen and oxygen atoms in total. The van der Waals surface area contributed by atoms with Gasteiger partial charge in [-0.05, 0) is 175 Å². The summed E-state index contributed by atoms with van der Waals surface area (Å²) in [6.07, 6.45) is 48.1. The van der Waals surface area contributed by atoms with Gasteiger partial charge in [0.25, 0.3) is 0 Å². The van der Waals surface area contributed by atoms with E-state index in [9.17, 15) is 10.2 Å². The van der Waals surface area contributed by atoms with Crippen LogP contribution in [0.15, 0.2) is 55.2 Å². The highest BCUT2D eigenvalue weighted by Gasteiger charge is 2.33. The van der Waals surface area contributed by atoms with Gasteiger partial charge in [-0.1, -0.05) is 101 Å². The lowest BCUT2D eigenvalue weighted by molar-refractivity contribution is 0.0155. The first-order valence-corrected chi connectivity index (χ1v) is 27.8. The zero-order valence-electron chi connectivity index (χ0n) is 41.4. The third-order valence-electron chi connectivity index (χ3n) is 18.6. The van der Waals surface area contributed by atoms with Crippen LogP contribution >= 0.6 is 0 Å². The summed E-state index contributed by atoms with van der Waals surface area (Å²) in [5, 5.41) is 25.6. The Bertz CT molecular complexity index is 1930. The van der Waals surface area contributed by atoms with Gasteiger partial charge in [-0.2, -0.15) is 0 Å². The minimum atomic E-state index is -0.0461. The van der Waals surface area contributed by atoms with Crippen molar-refractivity contribution in [3.05, 3.63) is 66.3 Å². The average Bonchev–Trinajstić information content (AvgIpc) is 3.36. The lowest BCUT2D eigenvalue weighted by Crippen LogP contribution is -2.26. The molecular weight excluding hydrogens is 827 g/mol. The number of phenolic OH excluding ortho intramolecular Hbond substituents is 2. The minimum absolute atomic E-state index is 0.0461. The zero-order chi connectivity index (χ0) is 46.7. The number of aromatic hydroxyl groups is 2. The van der Waals surface area contributed by atoms with Gasteiger partial charge in [0.1, 0.15) is 11.5 Å². The summed E-state index contributed by atoms with van der Waals surface area (Å²) < 4.78 is 6.15. The SMILES string of the molecule is C=CCCCOC1CCC(CCC2CCC(C3C=CC(c4c(Nc5c(C6C=CC(C7CCC(CCCCC8CCC(N)CC8)CC7)CC6)ccc(O)c5N)cc(O)c(N)c4N)CC3)CC2)CC1. The van der Waals surface area contributed by atoms with E-state index in [-0.39, 0.29) is 29.0 Å². The number of hydrogen-bond donors (Lipinski definition) is 7. The van der Waals surface area contributed by atoms with Crippen LogP contribution in [0.3, 0.4) is 0 Å². The van der Waals surface area contributed by atoms with E-state index in [4.69, 9.17) is 27.7 Å². The van der Waals surface area contributed by atoms with Crippen LogP contribution in [-0.2, 0) is 4.74 Å². The van der Waals surface area contributed by atoms with Crippen molar-refractivity contribution < 1.29 is 14.9 Å². The minimum Gasteiger partial charge on any atom is -0.506 e. The number of anilines is 5. The number of phenols is 2. The van der Waals surface area contributed by atoms with E-state index < -0.39 is 0 Å². The number of unbranched alkanes of at least 4 members (excludes halogenated alkanes) is 2. The van der Waals surface area contributed by atoms with Crippen LogP contribution in [0.25, 0.3) is 0 Å². The third kappa shape index (κ3) is 13.2. The van der Waals surface area contributed by atoms with Crippen LogP contribution in [0.5, 0.6) is 11.5 Å². The Hall–Kier alpha value is -3.62. The Kier molecular flexibility index (Phi) is 18.0. The molecule has 0 heterocycles. The van der Waals surface area contributed by atoms with Gasteiger partial charge in [0, 0.05) is 41.8 Å². The van der Waals surface area contributed by atoms with Crippen LogP contribution in [0.2, 0.25) is 0 Å². The van der Waals surface area contributed by atoms with Crippen molar-refractivity contribution in [2.24, 2.45) is 53.1 Å². The Balaban J connectivity index is 0.829. The number of nitrogen functional groups attached to an aromatic ring is 3. The summed E-state index contributed by atoms with van der Waals surface area (Å²) in [6.45, 7) is 4.71. The van der Waals surface area contributed by atoms with Crippen molar-refractivity contribution in [3.8, 4) is 11.5 Å². The summed E-state index contributed by atoms with van der Waals surface area (Å²) in [4.78, 5) is 0. The number of nitrogens with one attached hydrogen (secondary N) is 1. The van der Waals surface area contributed by atoms with Gasteiger partial charge in [-0.15, -0.1) is 6.58 Å². The molecule has 4 atom stereocenters. The predicted octanol–water partition coefficient (Wildman–Crippen LogP) is 14.7. The molecule has 4 saturated carbocycles. The maximum atomic E-state index is 11.0. The molecule has 0 aromatic heterocycles. The van der Waals surface area contributed by atoms with Gasteiger partial charge in [-0.25, -0.2) is 0 Å². The normalized spacial score (nSPS) is 32.5. The largest absolute Gasteiger partial charge is 0.506 e. The molecule has 8 heteroatoms. The molecule has 2 aromatic carbocycles. The van der Waals surface area contributed by atoms with E-state index in [1.807, 2.05) is 12.1 Å². The van der Waals surface area contributed by atoms with E-state index in [2.05, 4.69) is 36.2 Å². The number of hydrogen-bond acceptors (Lipinski definition) is 8. The Morgan fingerprint density at radius 1 is 0.567 bits per heavy atom. The number of benzene rings is 2. The fraction of sp³-hybridized carbons (Fsp3) is 0.695. The maximum absolute atomic E-state index is 11.0. The monoisotopic (exact) mass is 918 g/mol. The molecule has 8 rings (SSSR count). The summed E-state index contributed by atoms with van der Waals surface area (Å²) in [5.74, 6) is 6.53. The molecule has 370 valence electrons. The first kappa shape index (κ1) is 49.8. The molecule has 0 spiro atoms. The van der Waals surface area contributed by atoms with E-state index >= 15 is 0 Å². The molecule has 0 saturated heterocycles. The molecule has 0 aliphatic heterocycles. The van der Waals surface area contributed by atoms with Gasteiger partial charge < -0.3 is 43.2 Å². The van der Waals surface area contributed by atoms with Gasteiger partial charge in [0.15, 0.2) is 0 Å². The fourth-order valence-electron chi connectivity index (χ4n) is 14.1. The van der Waals surface area contributed by atoms with Crippen molar-refractivity contribution in [3.63, 3.8) is 0 Å². The van der Waals surface area contributed by atoms with Gasteiger partial charge in [-0.3, -0.25) is 0 Å². The summed E-state index contributed by atoms with van der Waals surface area (Å²) in [5.41, 5.74) is 30.4. The highest BCUT2D eigenvalue weighted by atomic mass is 16.5. The van der Waals surface area contributed by atoms with Crippen molar-refractivity contribution >= 4 is 28.4 Å². The number of ether oxygens (including phenoxy) is 1. The van der Waals surface area contributed by atoms with E-state index in [1.54, 1.807) is 12.1 Å². The van der Waals surface area contributed by atoms with Gasteiger partial charge >= 0.3 is 0 Å². The lowest BCUT2D eigenvalue weighted by atomic mass is 9.70. The number of allylic oxidation sites excluding steroid dienone is 5. The van der Waals surface area contributed by atoms with Crippen LogP contribution in [-0.4, -0.2) is 29.0 Å². The second-order valence-corrected chi connectivity index (χ2v) is 22.9. The number of nitrogens with two attached hydrogens (primary N) is 4. The quantitative estimate of drug-likeness (QED) is 0.0317. The molecule has 0 bridgehead atoms. The molecular formula is C59H91N5O3. The average molecular weight is 918 g/mol. The highest BCUT2D eigenvalue weighted by Crippen LogP contribution is 2.50. The molecule has 0 radical (unpaired) electrons. The smallest absolute Gasteiger partial charge is 0.142 e. The first-order chi connectivity index (χ1) is 32.6. The van der Waals surface area contributed by atoms with Crippen LogP contribution < -0.4 is 28.3 Å². The van der Waals surface area contributed by atoms with E-state index in [0.717, 1.165) is 91.8 Å². The van der Waals surface area contributed by atoms with Crippen LogP contribution in [0.4, 0.5) is 28.4 Å². The molecule has 4 unspecified atom stereocenters. The zero-order valence-corrected chi connectivity index (χ0v) is 41.4. The van der Waals surface area contributed by atoms with Crippen LogP contribution in [0, 0.1) is 47.3 Å². The second kappa shape index (κ2) is 24.3. The summed E-state index contributed by atoms with van der Waals surface area (Å²) >= 11 is 0. The van der Waals surface area contributed by atoms with Crippen molar-refractivity contribution in [2.45, 2.75) is 204 Å². The summed E-state index contributed by atoms with van der Waals surface area (Å²) in [7, 11) is 0. The topological polar surface area (TPSA) is 166 Å². The molecule has 11 N–H and O–H groups in total. The molecule has 2 aromatic rings. The van der Waals surface area contributed by atoms with Gasteiger partial charge in [0.2, 0.25) is 0 Å². The first-order valence-electron chi connectivity index (χ1n) is 27.8. The third-order valence-corrected chi connectivity index (χ3v) is 18.6. The maximum Gasteiger partial charge on any atom is 0.142 e. The molecule has 6 aliphatic rings. The Labute approximate surface area is 405 Å². The van der Waals surface area contributed by atoms with Crippen LogP contribution in [0.1, 0.15) is 203 Å². The van der Waals surface area contributed by atoms with Crippen molar-refractivity contribution in [1.29, 1.82) is 0 Å². The molecule has 67 heavy (non-hydrogen) atoms. The van der Waals surface area contributed by atoms with Crippen molar-refractivity contribution in [1.82, 2.24) is 0 Å². The fourth-order valence-corrected chi connectivity index (χ4v) is 14.1. The number of rotatable bonds is 19. The van der Waals surface area contributed by atoms with E-state index in [0.29, 0.717) is 46.7 Å². The highest BCUT2D eigenvalue weighted by molar-refractivity contribution is 5.88. The molecule has 4 fully saturated rings. The predicted molar refractivity (Wildman–Crippen MR) is 282 cm³/mol. The summed E-state index contributed by atoms with van der Waals surface area (Å²) in [6, 6.07) is 5.91. The molecule has 6 aliphatic carbocycles. The molecule has 0 amide bonds. The Morgan fingerprint density at radius 2 is 1.10 bits per heavy atom. The standard InChI is InChI=1S/C59H91N5O3/c1-2-3-6-37-67-50-33-17-42(18-34-50)10-9-41-13-21-44(22-14-41)46-25-29-48(30-26-46)55-52(38-54(66)56(61)58(55)63)64-59-51(35-36-53(65)57(59)62)47-27-23-45(24-28-47)43-19-11-39(12-20-43)7-4-5-8-40-15-31-49(60)32-16-40/h2,23,25,27,29,35-36,38-50,64-66H,1,3-22,24,26,28,30-34,37,60-63H2. The van der Waals surface area contributed by atoms with Crippen molar-refractivity contribution in [2.75, 3.05) is 29.1 Å².